The van der Waals surface area contributed by atoms with Gasteiger partial charge in [-0.2, -0.15) is 0 Å². The van der Waals surface area contributed by atoms with Crippen molar-refractivity contribution >= 4 is 27.3 Å². The molecule has 0 aromatic carbocycles. The van der Waals surface area contributed by atoms with Gasteiger partial charge in [0.05, 0.1) is 10.7 Å². The number of alkyl halides is 1. The quantitative estimate of drug-likeness (QED) is 0.773. The first-order valence-corrected chi connectivity index (χ1v) is 8.00. The van der Waals surface area contributed by atoms with Crippen molar-refractivity contribution in [2.24, 2.45) is 0 Å². The fraction of sp³-hybridized carbons (Fsp3) is 0.750. The Kier molecular flexibility index (Phi) is 4.79. The average molecular weight is 303 g/mol. The Morgan fingerprint density at radius 1 is 1.50 bits per heavy atom. The summed E-state index contributed by atoms with van der Waals surface area (Å²) in [7, 11) is 0. The van der Waals surface area contributed by atoms with Crippen LogP contribution in [0.2, 0.25) is 0 Å². The Balaban J connectivity index is 1.96. The summed E-state index contributed by atoms with van der Waals surface area (Å²) in [6.45, 7) is 4.25. The topological polar surface area (TPSA) is 16.1 Å². The number of halogens is 1. The minimum atomic E-state index is 0.791. The van der Waals surface area contributed by atoms with Crippen LogP contribution >= 0.6 is 27.3 Å². The van der Waals surface area contributed by atoms with Gasteiger partial charge in [-0.1, -0.05) is 28.8 Å². The highest BCUT2D eigenvalue weighted by Crippen LogP contribution is 2.25. The molecule has 0 unspecified atom stereocenters. The summed E-state index contributed by atoms with van der Waals surface area (Å²) in [5.74, 6) is 0. The smallest absolute Gasteiger partial charge is 0.0897 e. The molecule has 1 aromatic rings. The second-order valence-corrected chi connectivity index (χ2v) is 6.31. The van der Waals surface area contributed by atoms with E-state index in [-0.39, 0.29) is 0 Å². The van der Waals surface area contributed by atoms with Gasteiger partial charge in [0.2, 0.25) is 0 Å². The van der Waals surface area contributed by atoms with Crippen LogP contribution in [0.1, 0.15) is 36.4 Å². The molecule has 0 N–H and O–H groups in total. The first-order chi connectivity index (χ1) is 7.79. The van der Waals surface area contributed by atoms with Gasteiger partial charge in [0.25, 0.3) is 0 Å². The molecule has 0 atom stereocenters. The van der Waals surface area contributed by atoms with Crippen LogP contribution in [0.3, 0.4) is 0 Å². The zero-order chi connectivity index (χ0) is 11.4. The second-order valence-electron chi connectivity index (χ2n) is 4.46. The zero-order valence-corrected chi connectivity index (χ0v) is 12.2. The standard InChI is InChI=1S/C12H19BrN2S/c1-10-14-11(9-16-10)8-15(7-6-13)12-4-2-3-5-12/h9,12H,2-8H2,1H3. The highest BCUT2D eigenvalue weighted by molar-refractivity contribution is 9.09. The van der Waals surface area contributed by atoms with Gasteiger partial charge in [0.15, 0.2) is 0 Å². The lowest BCUT2D eigenvalue weighted by Crippen LogP contribution is -2.34. The molecule has 0 saturated heterocycles. The largest absolute Gasteiger partial charge is 0.294 e. The van der Waals surface area contributed by atoms with Gasteiger partial charge in [0.1, 0.15) is 0 Å². The second kappa shape index (κ2) is 6.12. The molecule has 0 amide bonds. The van der Waals surface area contributed by atoms with E-state index in [1.807, 2.05) is 0 Å². The summed E-state index contributed by atoms with van der Waals surface area (Å²) in [6, 6.07) is 0.791. The van der Waals surface area contributed by atoms with E-state index in [1.54, 1.807) is 11.3 Å². The van der Waals surface area contributed by atoms with E-state index in [0.717, 1.165) is 24.5 Å². The lowest BCUT2D eigenvalue weighted by atomic mass is 10.2. The number of aromatic nitrogens is 1. The maximum atomic E-state index is 4.57. The van der Waals surface area contributed by atoms with E-state index in [9.17, 15) is 0 Å². The maximum absolute atomic E-state index is 4.57. The van der Waals surface area contributed by atoms with Crippen molar-refractivity contribution in [1.29, 1.82) is 0 Å². The monoisotopic (exact) mass is 302 g/mol. The third kappa shape index (κ3) is 3.28. The first kappa shape index (κ1) is 12.5. The van der Waals surface area contributed by atoms with Crippen LogP contribution in [-0.4, -0.2) is 27.8 Å². The molecule has 2 rings (SSSR count). The van der Waals surface area contributed by atoms with Crippen LogP contribution < -0.4 is 0 Å². The van der Waals surface area contributed by atoms with Crippen molar-refractivity contribution in [2.45, 2.75) is 45.2 Å². The van der Waals surface area contributed by atoms with Crippen LogP contribution in [0, 0.1) is 6.92 Å². The van der Waals surface area contributed by atoms with E-state index in [2.05, 4.69) is 38.1 Å². The number of rotatable bonds is 5. The van der Waals surface area contributed by atoms with Crippen molar-refractivity contribution in [1.82, 2.24) is 9.88 Å². The van der Waals surface area contributed by atoms with Gasteiger partial charge in [-0.3, -0.25) is 4.90 Å². The first-order valence-electron chi connectivity index (χ1n) is 6.00. The third-order valence-electron chi connectivity index (χ3n) is 3.24. The Hall–Kier alpha value is 0.0700. The van der Waals surface area contributed by atoms with Gasteiger partial charge >= 0.3 is 0 Å². The van der Waals surface area contributed by atoms with Crippen molar-refractivity contribution in [2.75, 3.05) is 11.9 Å². The molecule has 2 nitrogen and oxygen atoms in total. The van der Waals surface area contributed by atoms with Gasteiger partial charge < -0.3 is 0 Å². The molecule has 1 aliphatic carbocycles. The summed E-state index contributed by atoms with van der Waals surface area (Å²) in [5.41, 5.74) is 1.25. The molecular weight excluding hydrogens is 284 g/mol. The Labute approximate surface area is 110 Å². The number of thiazole rings is 1. The van der Waals surface area contributed by atoms with E-state index < -0.39 is 0 Å². The number of hydrogen-bond donors (Lipinski definition) is 0. The molecule has 1 aliphatic rings. The summed E-state index contributed by atoms with van der Waals surface area (Å²) in [5, 5.41) is 4.44. The predicted octanol–water partition coefficient (Wildman–Crippen LogP) is 3.59. The van der Waals surface area contributed by atoms with Gasteiger partial charge in [-0.05, 0) is 19.8 Å². The van der Waals surface area contributed by atoms with Crippen LogP contribution in [0.5, 0.6) is 0 Å². The molecule has 1 aromatic heterocycles. The third-order valence-corrected chi connectivity index (χ3v) is 4.42. The Bertz CT molecular complexity index is 321. The number of aryl methyl sites for hydroxylation is 1. The maximum Gasteiger partial charge on any atom is 0.0897 e. The Morgan fingerprint density at radius 3 is 2.81 bits per heavy atom. The van der Waals surface area contributed by atoms with Crippen molar-refractivity contribution in [3.8, 4) is 0 Å². The summed E-state index contributed by atoms with van der Waals surface area (Å²) in [4.78, 5) is 7.16. The lowest BCUT2D eigenvalue weighted by molar-refractivity contribution is 0.200. The normalized spacial score (nSPS) is 17.4. The van der Waals surface area contributed by atoms with Crippen LogP contribution in [0.4, 0.5) is 0 Å². The van der Waals surface area contributed by atoms with E-state index >= 15 is 0 Å². The van der Waals surface area contributed by atoms with Crippen molar-refractivity contribution in [3.63, 3.8) is 0 Å². The predicted molar refractivity (Wildman–Crippen MR) is 73.3 cm³/mol. The van der Waals surface area contributed by atoms with Crippen LogP contribution in [0.15, 0.2) is 5.38 Å². The fourth-order valence-electron chi connectivity index (χ4n) is 2.46. The molecular formula is C12H19BrN2S. The highest BCUT2D eigenvalue weighted by Gasteiger charge is 2.22. The summed E-state index contributed by atoms with van der Waals surface area (Å²) >= 11 is 5.31. The SMILES string of the molecule is Cc1nc(CN(CCBr)C2CCCC2)cs1. The van der Waals surface area contributed by atoms with E-state index in [0.29, 0.717) is 0 Å². The van der Waals surface area contributed by atoms with E-state index in [1.165, 1.54) is 36.4 Å². The minimum absolute atomic E-state index is 0.791. The molecule has 90 valence electrons. The average Bonchev–Trinajstić information content (AvgIpc) is 2.88. The highest BCUT2D eigenvalue weighted by atomic mass is 79.9. The number of hydrogen-bond acceptors (Lipinski definition) is 3. The van der Waals surface area contributed by atoms with Crippen LogP contribution in [0.25, 0.3) is 0 Å². The molecule has 0 bridgehead atoms. The molecule has 1 saturated carbocycles. The summed E-state index contributed by atoms with van der Waals surface area (Å²) < 4.78 is 0. The minimum Gasteiger partial charge on any atom is -0.294 e. The zero-order valence-electron chi connectivity index (χ0n) is 9.79. The van der Waals surface area contributed by atoms with Crippen molar-refractivity contribution in [3.05, 3.63) is 16.1 Å². The number of nitrogens with zero attached hydrogens (tertiary/aromatic N) is 2. The molecule has 0 spiro atoms. The molecule has 1 heterocycles. The molecule has 0 radical (unpaired) electrons. The fourth-order valence-corrected chi connectivity index (χ4v) is 3.52. The molecule has 0 aliphatic heterocycles. The molecule has 16 heavy (non-hydrogen) atoms. The lowest BCUT2D eigenvalue weighted by Gasteiger charge is -2.27. The van der Waals surface area contributed by atoms with E-state index in [4.69, 9.17) is 0 Å². The van der Waals surface area contributed by atoms with Crippen LogP contribution in [-0.2, 0) is 6.54 Å². The van der Waals surface area contributed by atoms with Crippen molar-refractivity contribution < 1.29 is 0 Å². The van der Waals surface area contributed by atoms with Gasteiger partial charge in [0, 0.05) is 29.8 Å². The Morgan fingerprint density at radius 2 is 2.25 bits per heavy atom. The van der Waals surface area contributed by atoms with Gasteiger partial charge in [-0.25, -0.2) is 4.98 Å². The summed E-state index contributed by atoms with van der Waals surface area (Å²) in [6.07, 6.45) is 5.55. The molecule has 1 fully saturated rings. The molecule has 4 heteroatoms. The van der Waals surface area contributed by atoms with Gasteiger partial charge in [-0.15, -0.1) is 11.3 Å².